The molecule has 1 aliphatic rings. The molecule has 1 saturated carbocycles. The lowest BCUT2D eigenvalue weighted by molar-refractivity contribution is 0.0432. The molecule has 1 aromatic carbocycles. The molecule has 0 bridgehead atoms. The van der Waals surface area contributed by atoms with Crippen molar-refractivity contribution in [2.45, 2.75) is 58.0 Å². The van der Waals surface area contributed by atoms with Crippen LogP contribution in [0.3, 0.4) is 0 Å². The third kappa shape index (κ3) is 3.77. The number of aliphatic hydroxyl groups is 1. The molecule has 3 heteroatoms. The lowest BCUT2D eigenvalue weighted by Gasteiger charge is -2.33. The van der Waals surface area contributed by atoms with Gasteiger partial charge < -0.3 is 9.84 Å². The van der Waals surface area contributed by atoms with Crippen molar-refractivity contribution in [3.63, 3.8) is 0 Å². The largest absolute Gasteiger partial charge is 0.494 e. The van der Waals surface area contributed by atoms with E-state index in [1.54, 1.807) is 0 Å². The quantitative estimate of drug-likeness (QED) is 0.894. The second-order valence-corrected chi connectivity index (χ2v) is 5.94. The Hall–Kier alpha value is -1.53. The molecule has 0 spiro atoms. The monoisotopic (exact) mass is 287 g/mol. The maximum atomic E-state index is 10.8. The highest BCUT2D eigenvalue weighted by Gasteiger charge is 2.38. The summed E-state index contributed by atoms with van der Waals surface area (Å²) in [5.74, 6) is 0.757. The first-order valence-electron chi connectivity index (χ1n) is 8.04. The van der Waals surface area contributed by atoms with Gasteiger partial charge in [0.1, 0.15) is 5.75 Å². The fraction of sp³-hybridized carbons (Fsp3) is 0.611. The first-order valence-corrected chi connectivity index (χ1v) is 8.04. The van der Waals surface area contributed by atoms with Crippen molar-refractivity contribution in [2.75, 3.05) is 6.61 Å². The highest BCUT2D eigenvalue weighted by atomic mass is 16.5. The third-order valence-electron chi connectivity index (χ3n) is 4.48. The smallest absolute Gasteiger partial charge is 0.119 e. The summed E-state index contributed by atoms with van der Waals surface area (Å²) in [5, 5.41) is 20.5. The summed E-state index contributed by atoms with van der Waals surface area (Å²) in [5.41, 5.74) is 0.147. The van der Waals surface area contributed by atoms with Crippen LogP contribution in [0.4, 0.5) is 0 Å². The van der Waals surface area contributed by atoms with E-state index in [0.29, 0.717) is 6.61 Å². The molecular weight excluding hydrogens is 262 g/mol. The first-order chi connectivity index (χ1) is 10.2. The summed E-state index contributed by atoms with van der Waals surface area (Å²) in [6.07, 6.45) is 6.45. The third-order valence-corrected chi connectivity index (χ3v) is 4.48. The van der Waals surface area contributed by atoms with E-state index < -0.39 is 11.5 Å². The van der Waals surface area contributed by atoms with Crippen molar-refractivity contribution in [2.24, 2.45) is 5.41 Å². The highest BCUT2D eigenvalue weighted by molar-refractivity contribution is 5.32. The predicted octanol–water partition coefficient (Wildman–Crippen LogP) is 4.37. The predicted molar refractivity (Wildman–Crippen MR) is 82.9 cm³/mol. The van der Waals surface area contributed by atoms with E-state index in [2.05, 4.69) is 6.07 Å². The van der Waals surface area contributed by atoms with Crippen molar-refractivity contribution >= 4 is 0 Å². The second-order valence-electron chi connectivity index (χ2n) is 5.94. The van der Waals surface area contributed by atoms with Gasteiger partial charge in [0.15, 0.2) is 0 Å². The van der Waals surface area contributed by atoms with E-state index in [-0.39, 0.29) is 0 Å². The first kappa shape index (κ1) is 15.9. The topological polar surface area (TPSA) is 53.2 Å². The fourth-order valence-electron chi connectivity index (χ4n) is 3.24. The van der Waals surface area contributed by atoms with Crippen LogP contribution in [0.15, 0.2) is 24.3 Å². The molecule has 0 aliphatic heterocycles. The van der Waals surface area contributed by atoms with E-state index in [9.17, 15) is 10.4 Å². The van der Waals surface area contributed by atoms with Crippen LogP contribution in [0.25, 0.3) is 0 Å². The summed E-state index contributed by atoms with van der Waals surface area (Å²) in [4.78, 5) is 0. The van der Waals surface area contributed by atoms with E-state index in [1.165, 1.54) is 6.42 Å². The van der Waals surface area contributed by atoms with Gasteiger partial charge in [-0.05, 0) is 37.5 Å². The number of nitrogens with zero attached hydrogens (tertiary/aromatic N) is 1. The summed E-state index contributed by atoms with van der Waals surface area (Å²) in [6.45, 7) is 2.54. The van der Waals surface area contributed by atoms with Crippen LogP contribution in [0.5, 0.6) is 5.75 Å². The molecule has 1 N–H and O–H groups in total. The lowest BCUT2D eigenvalue weighted by Crippen LogP contribution is -2.28. The number of aliphatic hydroxyl groups excluding tert-OH is 1. The highest BCUT2D eigenvalue weighted by Crippen LogP contribution is 2.44. The Bertz CT molecular complexity index is 484. The van der Waals surface area contributed by atoms with Gasteiger partial charge >= 0.3 is 0 Å². The molecule has 21 heavy (non-hydrogen) atoms. The Kier molecular flexibility index (Phi) is 5.64. The zero-order valence-electron chi connectivity index (χ0n) is 12.8. The molecule has 114 valence electrons. The van der Waals surface area contributed by atoms with Gasteiger partial charge in [0.05, 0.1) is 24.2 Å². The van der Waals surface area contributed by atoms with Crippen molar-refractivity contribution < 1.29 is 9.84 Å². The number of nitriles is 1. The Labute approximate surface area is 127 Å². The SMILES string of the molecule is CCOc1cccc(C(O)C2(C#N)CCCCCCC2)c1. The van der Waals surface area contributed by atoms with Crippen LogP contribution in [-0.4, -0.2) is 11.7 Å². The van der Waals surface area contributed by atoms with Crippen LogP contribution >= 0.6 is 0 Å². The molecule has 0 heterocycles. The lowest BCUT2D eigenvalue weighted by atomic mass is 9.71. The van der Waals surface area contributed by atoms with E-state index in [4.69, 9.17) is 4.74 Å². The van der Waals surface area contributed by atoms with Gasteiger partial charge in [-0.3, -0.25) is 0 Å². The fourth-order valence-corrected chi connectivity index (χ4v) is 3.24. The van der Waals surface area contributed by atoms with Crippen LogP contribution in [0, 0.1) is 16.7 Å². The Morgan fingerprint density at radius 3 is 2.52 bits per heavy atom. The number of rotatable bonds is 4. The van der Waals surface area contributed by atoms with Crippen molar-refractivity contribution in [1.29, 1.82) is 5.26 Å². The summed E-state index contributed by atoms with van der Waals surface area (Å²) < 4.78 is 5.50. The maximum Gasteiger partial charge on any atom is 0.119 e. The standard InChI is InChI=1S/C18H25NO2/c1-2-21-16-10-8-9-15(13-16)17(20)18(14-19)11-6-4-3-5-7-12-18/h8-10,13,17,20H,2-7,11-12H2,1H3. The molecule has 0 saturated heterocycles. The summed E-state index contributed by atoms with van der Waals surface area (Å²) in [6, 6.07) is 9.98. The van der Waals surface area contributed by atoms with E-state index in [0.717, 1.165) is 49.8 Å². The molecule has 2 rings (SSSR count). The second kappa shape index (κ2) is 7.47. The van der Waals surface area contributed by atoms with Crippen molar-refractivity contribution in [3.8, 4) is 11.8 Å². The van der Waals surface area contributed by atoms with Crippen LogP contribution in [0.1, 0.15) is 63.5 Å². The molecule has 0 amide bonds. The normalized spacial score (nSPS) is 19.9. The molecule has 3 nitrogen and oxygen atoms in total. The minimum atomic E-state index is -0.735. The molecular formula is C18H25NO2. The van der Waals surface area contributed by atoms with E-state index in [1.807, 2.05) is 31.2 Å². The average molecular weight is 287 g/mol. The average Bonchev–Trinajstić information content (AvgIpc) is 2.48. The molecule has 1 unspecified atom stereocenters. The maximum absolute atomic E-state index is 10.8. The number of benzene rings is 1. The molecule has 1 aromatic rings. The zero-order chi connectivity index (χ0) is 15.1. The molecule has 1 aliphatic carbocycles. The molecule has 1 atom stereocenters. The summed E-state index contributed by atoms with van der Waals surface area (Å²) in [7, 11) is 0. The van der Waals surface area contributed by atoms with Gasteiger partial charge in [0.2, 0.25) is 0 Å². The van der Waals surface area contributed by atoms with E-state index >= 15 is 0 Å². The van der Waals surface area contributed by atoms with Gasteiger partial charge in [-0.1, -0.05) is 44.2 Å². The molecule has 0 radical (unpaired) electrons. The van der Waals surface area contributed by atoms with Crippen LogP contribution in [0.2, 0.25) is 0 Å². The van der Waals surface area contributed by atoms with Crippen molar-refractivity contribution in [3.05, 3.63) is 29.8 Å². The van der Waals surface area contributed by atoms with Gasteiger partial charge in [0, 0.05) is 0 Å². The van der Waals surface area contributed by atoms with Gasteiger partial charge in [-0.2, -0.15) is 5.26 Å². The minimum Gasteiger partial charge on any atom is -0.494 e. The Balaban J connectivity index is 2.23. The minimum absolute atomic E-state index is 0.600. The Morgan fingerprint density at radius 1 is 1.24 bits per heavy atom. The number of hydrogen-bond acceptors (Lipinski definition) is 3. The molecule has 0 aromatic heterocycles. The van der Waals surface area contributed by atoms with Gasteiger partial charge in [-0.25, -0.2) is 0 Å². The molecule has 1 fully saturated rings. The number of hydrogen-bond donors (Lipinski definition) is 1. The zero-order valence-corrected chi connectivity index (χ0v) is 12.8. The van der Waals surface area contributed by atoms with Gasteiger partial charge in [0.25, 0.3) is 0 Å². The number of ether oxygens (including phenoxy) is 1. The van der Waals surface area contributed by atoms with Crippen LogP contribution in [-0.2, 0) is 0 Å². The van der Waals surface area contributed by atoms with Gasteiger partial charge in [-0.15, -0.1) is 0 Å². The summed E-state index contributed by atoms with van der Waals surface area (Å²) >= 11 is 0. The Morgan fingerprint density at radius 2 is 1.90 bits per heavy atom. The van der Waals surface area contributed by atoms with Crippen LogP contribution < -0.4 is 4.74 Å². The van der Waals surface area contributed by atoms with Crippen molar-refractivity contribution in [1.82, 2.24) is 0 Å².